The van der Waals surface area contributed by atoms with Crippen LogP contribution in [0.15, 0.2) is 0 Å². The summed E-state index contributed by atoms with van der Waals surface area (Å²) < 4.78 is 0. The molecule has 3 nitrogen and oxygen atoms in total. The monoisotopic (exact) mass is 460 g/mol. The van der Waals surface area contributed by atoms with Crippen molar-refractivity contribution in [3.8, 4) is 0 Å². The zero-order valence-electron chi connectivity index (χ0n) is 22.6. The van der Waals surface area contributed by atoms with Gasteiger partial charge in [-0.3, -0.25) is 0 Å². The van der Waals surface area contributed by atoms with Gasteiger partial charge in [0.2, 0.25) is 0 Å². The third-order valence-electron chi connectivity index (χ3n) is 11.7. The summed E-state index contributed by atoms with van der Waals surface area (Å²) in [6, 6.07) is 0.581. The lowest BCUT2D eigenvalue weighted by Crippen LogP contribution is -2.59. The van der Waals surface area contributed by atoms with Crippen LogP contribution in [-0.4, -0.2) is 30.3 Å². The van der Waals surface area contributed by atoms with Crippen LogP contribution in [0.1, 0.15) is 112 Å². The predicted molar refractivity (Wildman–Crippen MR) is 140 cm³/mol. The van der Waals surface area contributed by atoms with Gasteiger partial charge in [-0.1, -0.05) is 53.9 Å². The second-order valence-electron chi connectivity index (χ2n) is 13.9. The van der Waals surface area contributed by atoms with Crippen LogP contribution >= 0.6 is 0 Å². The van der Waals surface area contributed by atoms with Gasteiger partial charge in [0.05, 0.1) is 6.10 Å². The highest BCUT2D eigenvalue weighted by molar-refractivity contribution is 5.11. The molecule has 4 fully saturated rings. The molecular weight excluding hydrogens is 404 g/mol. The van der Waals surface area contributed by atoms with E-state index in [2.05, 4.69) is 39.9 Å². The van der Waals surface area contributed by atoms with E-state index in [1.165, 1.54) is 64.2 Å². The third kappa shape index (κ3) is 4.94. The van der Waals surface area contributed by atoms with Crippen molar-refractivity contribution in [2.45, 2.75) is 124 Å². The molecular formula is C30H56N2O. The number of aliphatic hydroxyl groups excluding tert-OH is 1. The van der Waals surface area contributed by atoms with Crippen molar-refractivity contribution < 1.29 is 5.11 Å². The first-order chi connectivity index (χ1) is 15.7. The zero-order chi connectivity index (χ0) is 23.8. The molecule has 4 saturated carbocycles. The molecule has 4 aliphatic rings. The van der Waals surface area contributed by atoms with Crippen LogP contribution in [0.2, 0.25) is 0 Å². The molecule has 10 atom stereocenters. The van der Waals surface area contributed by atoms with Crippen LogP contribution in [0.25, 0.3) is 0 Å². The molecule has 0 aromatic rings. The fourth-order valence-electron chi connectivity index (χ4n) is 9.92. The van der Waals surface area contributed by atoms with Gasteiger partial charge in [0.1, 0.15) is 0 Å². The molecule has 4 unspecified atom stereocenters. The number of rotatable bonds is 9. The molecule has 0 aromatic heterocycles. The maximum Gasteiger partial charge on any atom is 0.0577 e. The van der Waals surface area contributed by atoms with Gasteiger partial charge in [-0.05, 0) is 123 Å². The maximum atomic E-state index is 11.5. The van der Waals surface area contributed by atoms with Gasteiger partial charge in [-0.15, -0.1) is 0 Å². The van der Waals surface area contributed by atoms with E-state index in [1.54, 1.807) is 0 Å². The van der Waals surface area contributed by atoms with Gasteiger partial charge in [0, 0.05) is 6.04 Å². The number of aliphatic hydroxyl groups is 1. The minimum Gasteiger partial charge on any atom is -0.393 e. The van der Waals surface area contributed by atoms with Crippen molar-refractivity contribution in [3.63, 3.8) is 0 Å². The van der Waals surface area contributed by atoms with Gasteiger partial charge in [-0.25, -0.2) is 0 Å². The highest BCUT2D eigenvalue weighted by Crippen LogP contribution is 2.68. The smallest absolute Gasteiger partial charge is 0.0577 e. The van der Waals surface area contributed by atoms with E-state index in [9.17, 15) is 5.11 Å². The Hall–Kier alpha value is -0.120. The summed E-state index contributed by atoms with van der Waals surface area (Å²) in [6.45, 7) is 14.3. The Bertz CT molecular complexity index is 637. The Morgan fingerprint density at radius 2 is 1.61 bits per heavy atom. The Labute approximate surface area is 205 Å². The molecule has 0 aliphatic heterocycles. The summed E-state index contributed by atoms with van der Waals surface area (Å²) in [6.07, 6.45) is 15.7. The summed E-state index contributed by atoms with van der Waals surface area (Å²) >= 11 is 0. The Morgan fingerprint density at radius 1 is 0.879 bits per heavy atom. The van der Waals surface area contributed by atoms with E-state index in [4.69, 9.17) is 5.73 Å². The second kappa shape index (κ2) is 10.5. The Kier molecular flexibility index (Phi) is 8.24. The molecule has 33 heavy (non-hydrogen) atoms. The van der Waals surface area contributed by atoms with Crippen molar-refractivity contribution in [2.75, 3.05) is 13.1 Å². The lowest BCUT2D eigenvalue weighted by Gasteiger charge is -2.62. The highest BCUT2D eigenvalue weighted by Gasteiger charge is 2.62. The molecule has 4 rings (SSSR count). The summed E-state index contributed by atoms with van der Waals surface area (Å²) in [5.74, 6) is 5.53. The van der Waals surface area contributed by atoms with E-state index in [0.29, 0.717) is 22.8 Å². The minimum atomic E-state index is -0.0970. The van der Waals surface area contributed by atoms with Crippen LogP contribution in [0.4, 0.5) is 0 Å². The predicted octanol–water partition coefficient (Wildman–Crippen LogP) is 6.39. The molecule has 192 valence electrons. The van der Waals surface area contributed by atoms with Gasteiger partial charge in [0.25, 0.3) is 0 Å². The number of hydrogen-bond donors (Lipinski definition) is 3. The lowest BCUT2D eigenvalue weighted by atomic mass is 9.43. The van der Waals surface area contributed by atoms with Crippen LogP contribution in [0.5, 0.6) is 0 Å². The van der Waals surface area contributed by atoms with Crippen molar-refractivity contribution in [1.82, 2.24) is 5.32 Å². The molecule has 0 amide bonds. The van der Waals surface area contributed by atoms with Crippen molar-refractivity contribution in [2.24, 2.45) is 58.0 Å². The molecule has 0 bridgehead atoms. The first-order valence-electron chi connectivity index (χ1n) is 14.8. The quantitative estimate of drug-likeness (QED) is 0.350. The number of nitrogens with one attached hydrogen (secondary N) is 1. The molecule has 4 aliphatic carbocycles. The van der Waals surface area contributed by atoms with Crippen molar-refractivity contribution in [3.05, 3.63) is 0 Å². The average Bonchev–Trinajstić information content (AvgIpc) is 3.12. The summed E-state index contributed by atoms with van der Waals surface area (Å²) in [5.41, 5.74) is 6.56. The second-order valence-corrected chi connectivity index (χ2v) is 13.9. The normalized spacial score (nSPS) is 46.0. The van der Waals surface area contributed by atoms with E-state index >= 15 is 0 Å². The molecule has 3 heteroatoms. The van der Waals surface area contributed by atoms with E-state index < -0.39 is 0 Å². The zero-order valence-corrected chi connectivity index (χ0v) is 22.6. The maximum absolute atomic E-state index is 11.5. The first kappa shape index (κ1) is 26.0. The summed E-state index contributed by atoms with van der Waals surface area (Å²) in [4.78, 5) is 0. The molecule has 0 spiro atoms. The number of hydrogen-bond acceptors (Lipinski definition) is 3. The topological polar surface area (TPSA) is 58.3 Å². The van der Waals surface area contributed by atoms with E-state index in [0.717, 1.165) is 61.4 Å². The Morgan fingerprint density at radius 3 is 2.33 bits per heavy atom. The van der Waals surface area contributed by atoms with E-state index in [1.807, 2.05) is 0 Å². The fraction of sp³-hybridized carbons (Fsp3) is 1.00. The van der Waals surface area contributed by atoms with Crippen molar-refractivity contribution in [1.29, 1.82) is 0 Å². The SMILES string of the molecule is CC(C)CCC[C@@H](C)C1CCC2C3C[C@@H](O)[C@H]4C[C@@H](NCCCN)CC[C@]4(C)C3CC[C@@]21C. The highest BCUT2D eigenvalue weighted by atomic mass is 16.3. The fourth-order valence-corrected chi connectivity index (χ4v) is 9.92. The van der Waals surface area contributed by atoms with Crippen molar-refractivity contribution >= 4 is 0 Å². The van der Waals surface area contributed by atoms with Crippen LogP contribution in [-0.2, 0) is 0 Å². The van der Waals surface area contributed by atoms with Gasteiger partial charge < -0.3 is 16.2 Å². The molecule has 4 N–H and O–H groups in total. The molecule has 0 saturated heterocycles. The Balaban J connectivity index is 1.43. The van der Waals surface area contributed by atoms with Crippen LogP contribution in [0, 0.1) is 52.3 Å². The van der Waals surface area contributed by atoms with Gasteiger partial charge >= 0.3 is 0 Å². The molecule has 0 aromatic carbocycles. The summed E-state index contributed by atoms with van der Waals surface area (Å²) in [7, 11) is 0. The molecule has 0 radical (unpaired) electrons. The number of fused-ring (bicyclic) bond motifs is 5. The third-order valence-corrected chi connectivity index (χ3v) is 11.7. The summed E-state index contributed by atoms with van der Waals surface area (Å²) in [5, 5.41) is 15.3. The first-order valence-corrected chi connectivity index (χ1v) is 14.8. The van der Waals surface area contributed by atoms with E-state index in [-0.39, 0.29) is 6.10 Å². The minimum absolute atomic E-state index is 0.0970. The lowest BCUT2D eigenvalue weighted by molar-refractivity contribution is -0.162. The number of nitrogens with two attached hydrogens (primary N) is 1. The standard InChI is InChI=1S/C30H56N2O/c1-20(2)8-6-9-21(3)24-10-11-25-23-19-28(33)27-18-22(32-17-7-16-31)12-14-30(27,5)26(23)13-15-29(24,25)4/h20-28,32-33H,6-19,31H2,1-5H3/t21-,22+,23?,24?,25?,26?,27-,28-,29-,30-/m1/s1. The molecule has 0 heterocycles. The van der Waals surface area contributed by atoms with Gasteiger partial charge in [0.15, 0.2) is 0 Å². The van der Waals surface area contributed by atoms with Crippen LogP contribution < -0.4 is 11.1 Å². The van der Waals surface area contributed by atoms with Gasteiger partial charge in [-0.2, -0.15) is 0 Å². The largest absolute Gasteiger partial charge is 0.393 e. The van der Waals surface area contributed by atoms with Crippen LogP contribution in [0.3, 0.4) is 0 Å². The average molecular weight is 461 g/mol.